The number of rotatable bonds is 4. The molecule has 0 fully saturated rings. The van der Waals surface area contributed by atoms with E-state index in [1.54, 1.807) is 6.08 Å². The highest BCUT2D eigenvalue weighted by Gasteiger charge is 2.39. The third-order valence-corrected chi connectivity index (χ3v) is 10.1. The molecule has 0 amide bonds. The van der Waals surface area contributed by atoms with E-state index in [1.807, 2.05) is 0 Å². The Morgan fingerprint density at radius 3 is 2.37 bits per heavy atom. The Kier molecular flexibility index (Phi) is 5.07. The number of ether oxygens (including phenoxy) is 1. The molecular formula is C16H25BrOSi. The highest BCUT2D eigenvalue weighted by Crippen LogP contribution is 2.39. The maximum Gasteiger partial charge on any atom is 0.133 e. The molecule has 1 aromatic rings. The minimum Gasteiger partial charge on any atom is -0.488 e. The fourth-order valence-electron chi connectivity index (χ4n) is 1.89. The van der Waals surface area contributed by atoms with E-state index in [2.05, 4.69) is 75.4 Å². The number of benzene rings is 1. The molecule has 1 rings (SSSR count). The normalized spacial score (nSPS) is 12.4. The van der Waals surface area contributed by atoms with Gasteiger partial charge in [-0.25, -0.2) is 0 Å². The van der Waals surface area contributed by atoms with Crippen LogP contribution >= 0.6 is 15.9 Å². The summed E-state index contributed by atoms with van der Waals surface area (Å²) < 4.78 is 6.97. The largest absolute Gasteiger partial charge is 0.488 e. The number of halogens is 1. The van der Waals surface area contributed by atoms with Crippen molar-refractivity contribution in [3.63, 3.8) is 0 Å². The van der Waals surface area contributed by atoms with Gasteiger partial charge in [-0.15, -0.1) is 0 Å². The van der Waals surface area contributed by atoms with Crippen molar-refractivity contribution in [3.8, 4) is 5.75 Å². The first-order valence-electron chi connectivity index (χ1n) is 6.65. The van der Waals surface area contributed by atoms with Crippen LogP contribution in [0.1, 0.15) is 26.3 Å². The second-order valence-electron chi connectivity index (χ2n) is 6.60. The molecule has 0 bridgehead atoms. The Morgan fingerprint density at radius 2 is 1.89 bits per heavy atom. The number of aryl methyl sites for hydroxylation is 1. The van der Waals surface area contributed by atoms with Gasteiger partial charge in [-0.3, -0.25) is 0 Å². The summed E-state index contributed by atoms with van der Waals surface area (Å²) in [6.07, 6.45) is 1.79. The van der Waals surface area contributed by atoms with Gasteiger partial charge in [0.15, 0.2) is 0 Å². The highest BCUT2D eigenvalue weighted by molar-refractivity contribution is 9.10. The molecule has 0 aliphatic carbocycles. The van der Waals surface area contributed by atoms with Crippen molar-refractivity contribution in [1.29, 1.82) is 0 Å². The molecule has 0 saturated carbocycles. The van der Waals surface area contributed by atoms with E-state index in [0.717, 1.165) is 10.2 Å². The second kappa shape index (κ2) is 5.84. The molecule has 106 valence electrons. The molecule has 19 heavy (non-hydrogen) atoms. The van der Waals surface area contributed by atoms with Gasteiger partial charge in [0.1, 0.15) is 12.4 Å². The van der Waals surface area contributed by atoms with Crippen LogP contribution in [0.2, 0.25) is 18.1 Å². The van der Waals surface area contributed by atoms with Crippen LogP contribution in [-0.2, 0) is 0 Å². The van der Waals surface area contributed by atoms with Crippen LogP contribution in [-0.4, -0.2) is 14.7 Å². The molecule has 1 aromatic carbocycles. The van der Waals surface area contributed by atoms with Gasteiger partial charge in [0.25, 0.3) is 0 Å². The van der Waals surface area contributed by atoms with Crippen LogP contribution in [0.3, 0.4) is 0 Å². The standard InChI is InChI=1S/C16H25BrOSi/c1-8-9-18-15-13(17)10-12(2)11-14(15)19(6,7)16(3,4)5/h8,10-11H,1,9H2,2-7H3. The van der Waals surface area contributed by atoms with Gasteiger partial charge in [0.2, 0.25) is 0 Å². The lowest BCUT2D eigenvalue weighted by Crippen LogP contribution is -2.50. The number of hydrogen-bond acceptors (Lipinski definition) is 1. The summed E-state index contributed by atoms with van der Waals surface area (Å²) in [4.78, 5) is 0. The summed E-state index contributed by atoms with van der Waals surface area (Å²) in [5, 5.41) is 1.67. The third kappa shape index (κ3) is 3.51. The average Bonchev–Trinajstić information content (AvgIpc) is 2.25. The molecule has 1 nitrogen and oxygen atoms in total. The van der Waals surface area contributed by atoms with E-state index in [4.69, 9.17) is 4.74 Å². The molecule has 0 aliphatic rings. The Bertz CT molecular complexity index is 472. The maximum atomic E-state index is 5.92. The quantitative estimate of drug-likeness (QED) is 0.551. The Hall–Kier alpha value is -0.543. The fraction of sp³-hybridized carbons (Fsp3) is 0.500. The molecule has 3 heteroatoms. The van der Waals surface area contributed by atoms with E-state index < -0.39 is 8.07 Å². The average molecular weight is 341 g/mol. The topological polar surface area (TPSA) is 9.23 Å². The molecular weight excluding hydrogens is 316 g/mol. The summed E-state index contributed by atoms with van der Waals surface area (Å²) in [6.45, 7) is 18.2. The summed E-state index contributed by atoms with van der Waals surface area (Å²) >= 11 is 3.65. The van der Waals surface area contributed by atoms with Gasteiger partial charge in [-0.2, -0.15) is 0 Å². The van der Waals surface area contributed by atoms with Gasteiger partial charge in [0.05, 0.1) is 12.5 Å². The van der Waals surface area contributed by atoms with Crippen LogP contribution in [0.25, 0.3) is 0 Å². The third-order valence-electron chi connectivity index (χ3n) is 4.08. The van der Waals surface area contributed by atoms with Crippen molar-refractivity contribution >= 4 is 29.2 Å². The van der Waals surface area contributed by atoms with Gasteiger partial charge in [-0.1, -0.05) is 52.6 Å². The number of hydrogen-bond donors (Lipinski definition) is 0. The predicted molar refractivity (Wildman–Crippen MR) is 91.4 cm³/mol. The Labute approximate surface area is 127 Å². The molecule has 0 heterocycles. The predicted octanol–water partition coefficient (Wildman–Crippen LogP) is 5.04. The van der Waals surface area contributed by atoms with Crippen molar-refractivity contribution in [2.75, 3.05) is 6.61 Å². The van der Waals surface area contributed by atoms with E-state index in [0.29, 0.717) is 6.61 Å². The summed E-state index contributed by atoms with van der Waals surface area (Å²) in [7, 11) is -1.63. The monoisotopic (exact) mass is 340 g/mol. The highest BCUT2D eigenvalue weighted by atomic mass is 79.9. The van der Waals surface area contributed by atoms with Crippen molar-refractivity contribution in [3.05, 3.63) is 34.8 Å². The zero-order valence-electron chi connectivity index (χ0n) is 12.9. The SMILES string of the molecule is C=CCOc1c(Br)cc(C)cc1[Si](C)(C)C(C)(C)C. The summed E-state index contributed by atoms with van der Waals surface area (Å²) in [6, 6.07) is 4.41. The van der Waals surface area contributed by atoms with Gasteiger partial charge >= 0.3 is 0 Å². The van der Waals surface area contributed by atoms with Crippen LogP contribution in [0.15, 0.2) is 29.3 Å². The van der Waals surface area contributed by atoms with E-state index in [9.17, 15) is 0 Å². The molecule has 0 aliphatic heterocycles. The molecule has 0 saturated heterocycles. The summed E-state index contributed by atoms with van der Waals surface area (Å²) in [5.74, 6) is 0.997. The molecule has 0 radical (unpaired) electrons. The molecule has 0 aromatic heterocycles. The van der Waals surface area contributed by atoms with Crippen LogP contribution < -0.4 is 9.92 Å². The first-order valence-corrected chi connectivity index (χ1v) is 10.4. The van der Waals surface area contributed by atoms with Gasteiger partial charge in [0, 0.05) is 0 Å². The van der Waals surface area contributed by atoms with Crippen molar-refractivity contribution in [2.24, 2.45) is 0 Å². The van der Waals surface area contributed by atoms with E-state index in [-0.39, 0.29) is 5.04 Å². The van der Waals surface area contributed by atoms with Crippen molar-refractivity contribution < 1.29 is 4.74 Å². The van der Waals surface area contributed by atoms with E-state index >= 15 is 0 Å². The minimum atomic E-state index is -1.63. The zero-order chi connectivity index (χ0) is 14.8. The zero-order valence-corrected chi connectivity index (χ0v) is 15.5. The lowest BCUT2D eigenvalue weighted by Gasteiger charge is -2.38. The molecule has 0 N–H and O–H groups in total. The lowest BCUT2D eigenvalue weighted by atomic mass is 10.2. The van der Waals surface area contributed by atoms with Crippen molar-refractivity contribution in [1.82, 2.24) is 0 Å². The molecule has 0 spiro atoms. The van der Waals surface area contributed by atoms with Gasteiger partial charge in [-0.05, 0) is 44.7 Å². The first kappa shape index (κ1) is 16.5. The summed E-state index contributed by atoms with van der Waals surface area (Å²) in [5.41, 5.74) is 1.28. The lowest BCUT2D eigenvalue weighted by molar-refractivity contribution is 0.363. The minimum absolute atomic E-state index is 0.284. The van der Waals surface area contributed by atoms with Gasteiger partial charge < -0.3 is 4.74 Å². The Balaban J connectivity index is 3.43. The Morgan fingerprint density at radius 1 is 1.32 bits per heavy atom. The van der Waals surface area contributed by atoms with Crippen LogP contribution in [0.4, 0.5) is 0 Å². The maximum absolute atomic E-state index is 5.92. The second-order valence-corrected chi connectivity index (χ2v) is 12.7. The van der Waals surface area contributed by atoms with Crippen molar-refractivity contribution in [2.45, 2.75) is 45.8 Å². The fourth-order valence-corrected chi connectivity index (χ4v) is 4.93. The first-order chi connectivity index (χ1) is 8.61. The van der Waals surface area contributed by atoms with E-state index in [1.165, 1.54) is 10.8 Å². The molecule has 0 atom stereocenters. The molecule has 0 unspecified atom stereocenters. The smallest absolute Gasteiger partial charge is 0.133 e. The van der Waals surface area contributed by atoms with Crippen LogP contribution in [0, 0.1) is 6.92 Å². The van der Waals surface area contributed by atoms with Crippen LogP contribution in [0.5, 0.6) is 5.75 Å².